The van der Waals surface area contributed by atoms with Gasteiger partial charge in [-0.3, -0.25) is 4.90 Å². The van der Waals surface area contributed by atoms with Crippen LogP contribution < -0.4 is 5.32 Å². The highest BCUT2D eigenvalue weighted by Crippen LogP contribution is 2.39. The summed E-state index contributed by atoms with van der Waals surface area (Å²) in [4.78, 5) is 13.5. The summed E-state index contributed by atoms with van der Waals surface area (Å²) in [5.74, 6) is 0. The van der Waals surface area contributed by atoms with Crippen molar-refractivity contribution in [1.29, 1.82) is 0 Å². The summed E-state index contributed by atoms with van der Waals surface area (Å²) < 4.78 is 5.27. The summed E-state index contributed by atoms with van der Waals surface area (Å²) in [6.07, 6.45) is 3.28. The SMILES string of the molecule is CNC(=O)OC1CN2CCCC2(C)C1. The maximum absolute atomic E-state index is 11.0. The molecule has 1 N–H and O–H groups in total. The van der Waals surface area contributed by atoms with E-state index in [1.165, 1.54) is 12.8 Å². The first-order valence-electron chi connectivity index (χ1n) is 5.27. The molecule has 0 aromatic heterocycles. The summed E-state index contributed by atoms with van der Waals surface area (Å²) in [5.41, 5.74) is 0.290. The minimum atomic E-state index is -0.306. The Kier molecular flexibility index (Phi) is 2.39. The van der Waals surface area contributed by atoms with Crippen LogP contribution in [0.3, 0.4) is 0 Å². The van der Waals surface area contributed by atoms with E-state index in [4.69, 9.17) is 4.74 Å². The molecular formula is C10H18N2O2. The summed E-state index contributed by atoms with van der Waals surface area (Å²) in [6.45, 7) is 4.33. The van der Waals surface area contributed by atoms with Crippen LogP contribution in [0.2, 0.25) is 0 Å². The Morgan fingerprint density at radius 3 is 3.07 bits per heavy atom. The Morgan fingerprint density at radius 1 is 1.64 bits per heavy atom. The van der Waals surface area contributed by atoms with Gasteiger partial charge in [0.1, 0.15) is 6.10 Å². The van der Waals surface area contributed by atoms with Crippen molar-refractivity contribution in [3.05, 3.63) is 0 Å². The third kappa shape index (κ3) is 1.59. The molecule has 0 radical (unpaired) electrons. The number of rotatable bonds is 1. The van der Waals surface area contributed by atoms with Gasteiger partial charge in [0.25, 0.3) is 0 Å². The van der Waals surface area contributed by atoms with E-state index in [1.807, 2.05) is 0 Å². The zero-order valence-electron chi connectivity index (χ0n) is 8.88. The molecule has 0 spiro atoms. The van der Waals surface area contributed by atoms with Gasteiger partial charge >= 0.3 is 6.09 Å². The molecule has 2 saturated heterocycles. The highest BCUT2D eigenvalue weighted by molar-refractivity contribution is 5.66. The molecule has 4 heteroatoms. The predicted molar refractivity (Wildman–Crippen MR) is 53.2 cm³/mol. The van der Waals surface area contributed by atoms with Crippen LogP contribution in [0.15, 0.2) is 0 Å². The van der Waals surface area contributed by atoms with Crippen LogP contribution in [-0.2, 0) is 4.74 Å². The Hall–Kier alpha value is -0.770. The largest absolute Gasteiger partial charge is 0.445 e. The van der Waals surface area contributed by atoms with E-state index in [0.717, 1.165) is 19.5 Å². The molecule has 2 rings (SSSR count). The monoisotopic (exact) mass is 198 g/mol. The van der Waals surface area contributed by atoms with Gasteiger partial charge in [0.05, 0.1) is 0 Å². The molecule has 1 amide bonds. The Labute approximate surface area is 84.6 Å². The van der Waals surface area contributed by atoms with E-state index in [1.54, 1.807) is 7.05 Å². The van der Waals surface area contributed by atoms with E-state index >= 15 is 0 Å². The van der Waals surface area contributed by atoms with Crippen LogP contribution in [-0.4, -0.2) is 42.8 Å². The molecule has 2 atom stereocenters. The average molecular weight is 198 g/mol. The lowest BCUT2D eigenvalue weighted by Crippen LogP contribution is -2.34. The van der Waals surface area contributed by atoms with Gasteiger partial charge in [0.2, 0.25) is 0 Å². The maximum Gasteiger partial charge on any atom is 0.407 e. The first kappa shape index (κ1) is 9.77. The molecule has 0 saturated carbocycles. The van der Waals surface area contributed by atoms with E-state index in [9.17, 15) is 4.79 Å². The molecule has 0 aromatic carbocycles. The Balaban J connectivity index is 1.92. The summed E-state index contributed by atoms with van der Waals surface area (Å²) in [6, 6.07) is 0. The lowest BCUT2D eigenvalue weighted by Gasteiger charge is -2.25. The van der Waals surface area contributed by atoms with Crippen LogP contribution in [0.1, 0.15) is 26.2 Å². The zero-order chi connectivity index (χ0) is 10.2. The second-order valence-corrected chi connectivity index (χ2v) is 4.53. The molecule has 2 fully saturated rings. The number of carbonyl (C=O) groups is 1. The highest BCUT2D eigenvalue weighted by Gasteiger charge is 2.46. The van der Waals surface area contributed by atoms with Gasteiger partial charge in [-0.15, -0.1) is 0 Å². The summed E-state index contributed by atoms with van der Waals surface area (Å²) in [7, 11) is 1.60. The maximum atomic E-state index is 11.0. The number of ether oxygens (including phenoxy) is 1. The molecule has 2 aliphatic rings. The number of nitrogens with zero attached hydrogens (tertiary/aromatic N) is 1. The predicted octanol–water partition coefficient (Wildman–Crippen LogP) is 0.969. The number of hydrogen-bond acceptors (Lipinski definition) is 3. The first-order valence-corrected chi connectivity index (χ1v) is 5.27. The second-order valence-electron chi connectivity index (χ2n) is 4.53. The molecule has 0 bridgehead atoms. The Bertz CT molecular complexity index is 244. The van der Waals surface area contributed by atoms with Gasteiger partial charge < -0.3 is 10.1 Å². The smallest absolute Gasteiger partial charge is 0.407 e. The second kappa shape index (κ2) is 3.42. The number of nitrogens with one attached hydrogen (secondary N) is 1. The number of alkyl carbamates (subject to hydrolysis) is 1. The molecule has 0 aliphatic carbocycles. The van der Waals surface area contributed by atoms with Crippen LogP contribution in [0, 0.1) is 0 Å². The zero-order valence-corrected chi connectivity index (χ0v) is 8.88. The number of amides is 1. The van der Waals surface area contributed by atoms with Crippen LogP contribution in [0.25, 0.3) is 0 Å². The molecule has 0 aromatic rings. The molecule has 2 aliphatic heterocycles. The van der Waals surface area contributed by atoms with Gasteiger partial charge in [0.15, 0.2) is 0 Å². The van der Waals surface area contributed by atoms with Crippen molar-refractivity contribution in [2.75, 3.05) is 20.1 Å². The van der Waals surface area contributed by atoms with E-state index in [-0.39, 0.29) is 12.2 Å². The molecule has 2 heterocycles. The van der Waals surface area contributed by atoms with Gasteiger partial charge in [-0.1, -0.05) is 0 Å². The van der Waals surface area contributed by atoms with Gasteiger partial charge in [-0.2, -0.15) is 0 Å². The van der Waals surface area contributed by atoms with Crippen molar-refractivity contribution >= 4 is 6.09 Å². The fourth-order valence-corrected chi connectivity index (χ4v) is 2.71. The first-order chi connectivity index (χ1) is 6.64. The van der Waals surface area contributed by atoms with Crippen molar-refractivity contribution in [2.45, 2.75) is 37.8 Å². The fraction of sp³-hybridized carbons (Fsp3) is 0.900. The van der Waals surface area contributed by atoms with E-state index in [2.05, 4.69) is 17.1 Å². The van der Waals surface area contributed by atoms with Crippen molar-refractivity contribution in [3.63, 3.8) is 0 Å². The molecular weight excluding hydrogens is 180 g/mol. The minimum absolute atomic E-state index is 0.0836. The number of fused-ring (bicyclic) bond motifs is 1. The van der Waals surface area contributed by atoms with Gasteiger partial charge in [-0.05, 0) is 26.3 Å². The minimum Gasteiger partial charge on any atom is -0.445 e. The summed E-state index contributed by atoms with van der Waals surface area (Å²) >= 11 is 0. The quantitative estimate of drug-likeness (QED) is 0.682. The lowest BCUT2D eigenvalue weighted by atomic mass is 9.96. The molecule has 2 unspecified atom stereocenters. The highest BCUT2D eigenvalue weighted by atomic mass is 16.6. The van der Waals surface area contributed by atoms with Crippen molar-refractivity contribution in [3.8, 4) is 0 Å². The van der Waals surface area contributed by atoms with Gasteiger partial charge in [-0.25, -0.2) is 4.79 Å². The van der Waals surface area contributed by atoms with Crippen molar-refractivity contribution in [2.24, 2.45) is 0 Å². The van der Waals surface area contributed by atoms with Crippen molar-refractivity contribution < 1.29 is 9.53 Å². The normalized spacial score (nSPS) is 36.9. The average Bonchev–Trinajstić information content (AvgIpc) is 2.59. The number of carbonyl (C=O) groups excluding carboxylic acids is 1. The summed E-state index contributed by atoms with van der Waals surface area (Å²) in [5, 5.41) is 2.49. The molecule has 4 nitrogen and oxygen atoms in total. The topological polar surface area (TPSA) is 41.6 Å². The van der Waals surface area contributed by atoms with Crippen LogP contribution >= 0.6 is 0 Å². The van der Waals surface area contributed by atoms with Gasteiger partial charge in [0, 0.05) is 25.6 Å². The Morgan fingerprint density at radius 2 is 2.43 bits per heavy atom. The number of hydrogen-bond donors (Lipinski definition) is 1. The third-order valence-electron chi connectivity index (χ3n) is 3.48. The van der Waals surface area contributed by atoms with Crippen LogP contribution in [0.5, 0.6) is 0 Å². The third-order valence-corrected chi connectivity index (χ3v) is 3.48. The fourth-order valence-electron chi connectivity index (χ4n) is 2.71. The van der Waals surface area contributed by atoms with Crippen molar-refractivity contribution in [1.82, 2.24) is 10.2 Å². The van der Waals surface area contributed by atoms with E-state index < -0.39 is 0 Å². The lowest BCUT2D eigenvalue weighted by molar-refractivity contribution is 0.102. The standard InChI is InChI=1S/C10H18N2O2/c1-10-4-3-5-12(10)7-8(6-10)14-9(13)11-2/h8H,3-7H2,1-2H3,(H,11,13). The van der Waals surface area contributed by atoms with Crippen LogP contribution in [0.4, 0.5) is 4.79 Å². The molecule has 80 valence electrons. The molecule has 14 heavy (non-hydrogen) atoms. The van der Waals surface area contributed by atoms with E-state index in [0.29, 0.717) is 5.54 Å².